The minimum absolute atomic E-state index is 0.0684. The minimum atomic E-state index is -0.492. The molecule has 8 heteroatoms. The number of nitrogens with two attached hydrogens (primary N) is 1. The molecule has 2 heterocycles. The van der Waals surface area contributed by atoms with Gasteiger partial charge in [0.15, 0.2) is 0 Å². The van der Waals surface area contributed by atoms with Crippen LogP contribution in [0.15, 0.2) is 30.5 Å². The van der Waals surface area contributed by atoms with Crippen molar-refractivity contribution in [3.63, 3.8) is 0 Å². The van der Waals surface area contributed by atoms with E-state index in [0.29, 0.717) is 17.8 Å². The maximum atomic E-state index is 12.2. The molecule has 1 atom stereocenters. The highest BCUT2D eigenvalue weighted by Crippen LogP contribution is 2.15. The summed E-state index contributed by atoms with van der Waals surface area (Å²) in [7, 11) is 1.69. The van der Waals surface area contributed by atoms with Crippen molar-refractivity contribution in [3.8, 4) is 0 Å². The van der Waals surface area contributed by atoms with Gasteiger partial charge in [-0.15, -0.1) is 0 Å². The van der Waals surface area contributed by atoms with Gasteiger partial charge in [0.05, 0.1) is 0 Å². The molecule has 3 N–H and O–H groups in total. The Labute approximate surface area is 144 Å². The fraction of sp³-hybridized carbons (Fsp3) is 0.267. The second-order valence-corrected chi connectivity index (χ2v) is 5.64. The Bertz CT molecular complexity index is 659. The van der Waals surface area contributed by atoms with Gasteiger partial charge in [-0.25, -0.2) is 9.97 Å². The highest BCUT2D eigenvalue weighted by molar-refractivity contribution is 6.32. The van der Waals surface area contributed by atoms with Crippen LogP contribution < -0.4 is 11.1 Å². The van der Waals surface area contributed by atoms with E-state index in [2.05, 4.69) is 15.3 Å². The van der Waals surface area contributed by atoms with Crippen LogP contribution in [0.2, 0.25) is 10.3 Å². The van der Waals surface area contributed by atoms with Crippen molar-refractivity contribution in [2.45, 2.75) is 19.1 Å². The van der Waals surface area contributed by atoms with Crippen LogP contribution in [0.3, 0.4) is 0 Å². The number of pyridine rings is 2. The van der Waals surface area contributed by atoms with Gasteiger partial charge in [-0.05, 0) is 42.8 Å². The smallest absolute Gasteiger partial charge is 0.323 e. The molecule has 6 nitrogen and oxygen atoms in total. The zero-order chi connectivity index (χ0) is 16.8. The van der Waals surface area contributed by atoms with Gasteiger partial charge >= 0.3 is 5.97 Å². The Morgan fingerprint density at radius 1 is 1.30 bits per heavy atom. The number of nitrogens with one attached hydrogen (secondary N) is 1. The van der Waals surface area contributed by atoms with Crippen molar-refractivity contribution >= 4 is 35.0 Å². The van der Waals surface area contributed by atoms with Crippen molar-refractivity contribution in [2.75, 3.05) is 12.8 Å². The molecule has 2 aromatic rings. The molecule has 0 aliphatic heterocycles. The van der Waals surface area contributed by atoms with Gasteiger partial charge in [-0.2, -0.15) is 0 Å². The standard InChI is InChI=1S/C15H16Cl2N4O2/c1-19-11(4-9-2-3-14(18)20-7-9)15(22)23-8-10-5-12(16)21-13(17)6-10/h2-3,5-7,11,19H,4,8H2,1H3,(H2,18,20)/t11-/m0/s1. The number of likely N-dealkylation sites (N-methyl/N-ethyl adjacent to an activating group) is 1. The van der Waals surface area contributed by atoms with Crippen LogP contribution in [-0.2, 0) is 22.6 Å². The van der Waals surface area contributed by atoms with Gasteiger partial charge < -0.3 is 15.8 Å². The summed E-state index contributed by atoms with van der Waals surface area (Å²) in [5.74, 6) is 0.0529. The number of esters is 1. The lowest BCUT2D eigenvalue weighted by molar-refractivity contribution is -0.147. The highest BCUT2D eigenvalue weighted by atomic mass is 35.5. The SMILES string of the molecule is CN[C@@H](Cc1ccc(N)nc1)C(=O)OCc1cc(Cl)nc(Cl)c1. The lowest BCUT2D eigenvalue weighted by atomic mass is 10.1. The summed E-state index contributed by atoms with van der Waals surface area (Å²) in [4.78, 5) is 20.0. The highest BCUT2D eigenvalue weighted by Gasteiger charge is 2.19. The van der Waals surface area contributed by atoms with Crippen LogP contribution in [0.4, 0.5) is 5.82 Å². The first-order valence-corrected chi connectivity index (χ1v) is 7.60. The Balaban J connectivity index is 1.95. The van der Waals surface area contributed by atoms with E-state index in [9.17, 15) is 4.79 Å². The van der Waals surface area contributed by atoms with E-state index in [0.717, 1.165) is 5.56 Å². The van der Waals surface area contributed by atoms with Gasteiger partial charge in [0.25, 0.3) is 0 Å². The molecule has 0 saturated heterocycles. The molecule has 0 unspecified atom stereocenters. The number of carbonyl (C=O) groups is 1. The van der Waals surface area contributed by atoms with Crippen molar-refractivity contribution < 1.29 is 9.53 Å². The first-order valence-electron chi connectivity index (χ1n) is 6.84. The van der Waals surface area contributed by atoms with Crippen molar-refractivity contribution in [1.82, 2.24) is 15.3 Å². The number of halogens is 2. The number of ether oxygens (including phenoxy) is 1. The van der Waals surface area contributed by atoms with E-state index >= 15 is 0 Å². The predicted molar refractivity (Wildman–Crippen MR) is 89.3 cm³/mol. The number of nitrogens with zero attached hydrogens (tertiary/aromatic N) is 2. The Kier molecular flexibility index (Phi) is 6.15. The molecule has 0 saturated carbocycles. The first kappa shape index (κ1) is 17.5. The largest absolute Gasteiger partial charge is 0.460 e. The van der Waals surface area contributed by atoms with E-state index in [1.807, 2.05) is 6.07 Å². The number of hydrogen-bond donors (Lipinski definition) is 2. The lowest BCUT2D eigenvalue weighted by Gasteiger charge is -2.15. The van der Waals surface area contributed by atoms with E-state index in [1.165, 1.54) is 0 Å². The van der Waals surface area contributed by atoms with Crippen LogP contribution in [0.25, 0.3) is 0 Å². The summed E-state index contributed by atoms with van der Waals surface area (Å²) < 4.78 is 5.30. The monoisotopic (exact) mass is 354 g/mol. The zero-order valence-corrected chi connectivity index (χ0v) is 13.9. The first-order chi connectivity index (χ1) is 11.0. The Hall–Kier alpha value is -1.89. The number of aromatic nitrogens is 2. The second-order valence-electron chi connectivity index (χ2n) is 4.87. The number of carbonyl (C=O) groups excluding carboxylic acids is 1. The van der Waals surface area contributed by atoms with E-state index in [1.54, 1.807) is 31.4 Å². The quantitative estimate of drug-likeness (QED) is 0.610. The summed E-state index contributed by atoms with van der Waals surface area (Å²) in [6.07, 6.45) is 2.08. The van der Waals surface area contributed by atoms with Crippen LogP contribution in [0.5, 0.6) is 0 Å². The molecule has 0 amide bonds. The topological polar surface area (TPSA) is 90.1 Å². The van der Waals surface area contributed by atoms with Gasteiger partial charge in [0.2, 0.25) is 0 Å². The second kappa shape index (κ2) is 8.10. The number of nitrogen functional groups attached to an aromatic ring is 1. The maximum absolute atomic E-state index is 12.2. The molecule has 2 aromatic heterocycles. The van der Waals surface area contributed by atoms with Crippen molar-refractivity contribution in [2.24, 2.45) is 0 Å². The van der Waals surface area contributed by atoms with Crippen molar-refractivity contribution in [3.05, 3.63) is 51.9 Å². The average Bonchev–Trinajstić information content (AvgIpc) is 2.51. The number of hydrogen-bond acceptors (Lipinski definition) is 6. The molecular formula is C15H16Cl2N4O2. The molecule has 0 aliphatic rings. The van der Waals surface area contributed by atoms with Crippen molar-refractivity contribution in [1.29, 1.82) is 0 Å². The molecule has 122 valence electrons. The number of anilines is 1. The Morgan fingerprint density at radius 3 is 2.57 bits per heavy atom. The molecule has 0 aliphatic carbocycles. The predicted octanol–water partition coefficient (Wildman–Crippen LogP) is 2.24. The van der Waals surface area contributed by atoms with Gasteiger partial charge in [0, 0.05) is 6.20 Å². The summed E-state index contributed by atoms with van der Waals surface area (Å²) in [6, 6.07) is 6.21. The molecule has 0 fully saturated rings. The molecular weight excluding hydrogens is 339 g/mol. The summed E-state index contributed by atoms with van der Waals surface area (Å²) >= 11 is 11.6. The molecule has 2 rings (SSSR count). The van der Waals surface area contributed by atoms with E-state index in [-0.39, 0.29) is 22.9 Å². The lowest BCUT2D eigenvalue weighted by Crippen LogP contribution is -2.37. The fourth-order valence-electron chi connectivity index (χ4n) is 1.95. The molecule has 0 bridgehead atoms. The summed E-state index contributed by atoms with van der Waals surface area (Å²) in [5, 5.41) is 3.43. The normalized spacial score (nSPS) is 12.0. The molecule has 0 spiro atoms. The van der Waals surface area contributed by atoms with Crippen LogP contribution in [-0.4, -0.2) is 29.0 Å². The van der Waals surface area contributed by atoms with Crippen LogP contribution in [0.1, 0.15) is 11.1 Å². The zero-order valence-electron chi connectivity index (χ0n) is 12.4. The third-order valence-electron chi connectivity index (χ3n) is 3.12. The minimum Gasteiger partial charge on any atom is -0.460 e. The van der Waals surface area contributed by atoms with E-state index < -0.39 is 6.04 Å². The van der Waals surface area contributed by atoms with E-state index in [4.69, 9.17) is 33.7 Å². The molecule has 0 aromatic carbocycles. The third kappa shape index (κ3) is 5.35. The van der Waals surface area contributed by atoms with Gasteiger partial charge in [-0.3, -0.25) is 4.79 Å². The van der Waals surface area contributed by atoms with Crippen LogP contribution >= 0.6 is 23.2 Å². The van der Waals surface area contributed by atoms with Gasteiger partial charge in [-0.1, -0.05) is 29.3 Å². The number of rotatable bonds is 6. The van der Waals surface area contributed by atoms with Gasteiger partial charge in [0.1, 0.15) is 28.8 Å². The molecule has 23 heavy (non-hydrogen) atoms. The fourth-order valence-corrected chi connectivity index (χ4v) is 2.45. The summed E-state index contributed by atoms with van der Waals surface area (Å²) in [6.45, 7) is 0.0684. The summed E-state index contributed by atoms with van der Waals surface area (Å²) in [5.41, 5.74) is 7.09. The third-order valence-corrected chi connectivity index (χ3v) is 3.51. The van der Waals surface area contributed by atoms with Crippen LogP contribution in [0, 0.1) is 0 Å². The average molecular weight is 355 g/mol. The maximum Gasteiger partial charge on any atom is 0.323 e. The molecule has 0 radical (unpaired) electrons. The Morgan fingerprint density at radius 2 is 2.00 bits per heavy atom.